The van der Waals surface area contributed by atoms with Gasteiger partial charge < -0.3 is 0 Å². The van der Waals surface area contributed by atoms with Crippen molar-refractivity contribution in [1.29, 1.82) is 0 Å². The molecule has 1 aromatic heterocycles. The number of pyridine rings is 1. The lowest BCUT2D eigenvalue weighted by Gasteiger charge is -2.07. The fourth-order valence-electron chi connectivity index (χ4n) is 1.06. The molecule has 0 spiro atoms. The Bertz CT molecular complexity index is 381. The Morgan fingerprint density at radius 2 is 2.14 bits per heavy atom. The Labute approximate surface area is 82.7 Å². The highest BCUT2D eigenvalue weighted by Gasteiger charge is 2.24. The van der Waals surface area contributed by atoms with Gasteiger partial charge in [-0.05, 0) is 18.5 Å². The zero-order valence-electron chi connectivity index (χ0n) is 7.02. The van der Waals surface area contributed by atoms with Crippen LogP contribution in [0, 0.1) is 12.7 Å². The summed E-state index contributed by atoms with van der Waals surface area (Å²) in [6.45, 7) is 1.31. The largest absolute Gasteiger partial charge is 0.276 e. The van der Waals surface area contributed by atoms with Crippen molar-refractivity contribution in [1.82, 2.24) is 4.98 Å². The monoisotopic (exact) mass is 223 g/mol. The van der Waals surface area contributed by atoms with E-state index in [0.29, 0.717) is 6.20 Å². The van der Waals surface area contributed by atoms with Gasteiger partial charge >= 0.3 is 0 Å². The number of hydrogen-bond donors (Lipinski definition) is 0. The Balaban J connectivity index is 3.50. The molecule has 0 amide bonds. The summed E-state index contributed by atoms with van der Waals surface area (Å²) in [6, 6.07) is 0. The molecule has 14 heavy (non-hydrogen) atoms. The van der Waals surface area contributed by atoms with Gasteiger partial charge in [-0.25, -0.2) is 13.2 Å². The van der Waals surface area contributed by atoms with E-state index in [9.17, 15) is 18.0 Å². The van der Waals surface area contributed by atoms with Crippen molar-refractivity contribution in [2.24, 2.45) is 0 Å². The van der Waals surface area contributed by atoms with Crippen LogP contribution >= 0.6 is 11.6 Å². The molecular formula is C8H5ClF3NO. The molecule has 0 aliphatic rings. The van der Waals surface area contributed by atoms with Crippen molar-refractivity contribution in [2.75, 3.05) is 0 Å². The third-order valence-electron chi connectivity index (χ3n) is 1.67. The number of carbonyl (C=O) groups excluding carboxylic acids is 1. The van der Waals surface area contributed by atoms with Crippen LogP contribution in [0.15, 0.2) is 6.20 Å². The summed E-state index contributed by atoms with van der Waals surface area (Å²) in [7, 11) is 0. The summed E-state index contributed by atoms with van der Waals surface area (Å²) in [5.74, 6) is -1.23. The normalized spacial score (nSPS) is 10.7. The molecule has 2 nitrogen and oxygen atoms in total. The summed E-state index contributed by atoms with van der Waals surface area (Å²) in [5, 5.41) is -1.13. The van der Waals surface area contributed by atoms with E-state index >= 15 is 0 Å². The predicted octanol–water partition coefficient (Wildman–Crippen LogP) is 2.85. The quantitative estimate of drug-likeness (QED) is 0.722. The van der Waals surface area contributed by atoms with E-state index in [0.717, 1.165) is 0 Å². The summed E-state index contributed by atoms with van der Waals surface area (Å²) in [5.41, 5.74) is -1.55. The van der Waals surface area contributed by atoms with E-state index in [1.807, 2.05) is 0 Å². The van der Waals surface area contributed by atoms with Crippen LogP contribution in [-0.2, 0) is 0 Å². The minimum atomic E-state index is -3.09. The molecule has 1 heterocycles. The molecule has 0 atom stereocenters. The van der Waals surface area contributed by atoms with E-state index in [2.05, 4.69) is 4.98 Å². The van der Waals surface area contributed by atoms with Gasteiger partial charge in [0.2, 0.25) is 0 Å². The minimum absolute atomic E-state index is 0.0123. The van der Waals surface area contributed by atoms with Crippen LogP contribution < -0.4 is 0 Å². The first kappa shape index (κ1) is 11.0. The second-order valence-electron chi connectivity index (χ2n) is 2.55. The van der Waals surface area contributed by atoms with Crippen LogP contribution in [0.3, 0.4) is 0 Å². The smallest absolute Gasteiger partial charge is 0.267 e. The van der Waals surface area contributed by atoms with E-state index < -0.39 is 28.6 Å². The third-order valence-corrected chi connectivity index (χ3v) is 1.86. The van der Waals surface area contributed by atoms with Gasteiger partial charge in [0.1, 0.15) is 0 Å². The number of aromatic nitrogens is 1. The van der Waals surface area contributed by atoms with E-state index in [4.69, 9.17) is 11.6 Å². The topological polar surface area (TPSA) is 30.0 Å². The average molecular weight is 224 g/mol. The van der Waals surface area contributed by atoms with Crippen molar-refractivity contribution in [3.05, 3.63) is 28.8 Å². The number of hydrogen-bond acceptors (Lipinski definition) is 2. The fraction of sp³-hybridized carbons (Fsp3) is 0.250. The van der Waals surface area contributed by atoms with Crippen LogP contribution in [0.1, 0.15) is 28.0 Å². The van der Waals surface area contributed by atoms with Gasteiger partial charge in [-0.1, -0.05) is 0 Å². The van der Waals surface area contributed by atoms with Crippen LogP contribution in [0.5, 0.6) is 0 Å². The van der Waals surface area contributed by atoms with Crippen molar-refractivity contribution in [2.45, 2.75) is 13.3 Å². The maximum Gasteiger partial charge on any atom is 0.267 e. The Hall–Kier alpha value is -1.10. The van der Waals surface area contributed by atoms with Gasteiger partial charge in [0.25, 0.3) is 11.7 Å². The van der Waals surface area contributed by atoms with Gasteiger partial charge in [-0.3, -0.25) is 9.78 Å². The van der Waals surface area contributed by atoms with E-state index in [1.165, 1.54) is 6.92 Å². The Morgan fingerprint density at radius 1 is 1.57 bits per heavy atom. The summed E-state index contributed by atoms with van der Waals surface area (Å²) >= 11 is 5.05. The second kappa shape index (κ2) is 3.96. The van der Waals surface area contributed by atoms with E-state index in [1.54, 1.807) is 0 Å². The molecule has 0 saturated carbocycles. The number of nitrogens with zero attached hydrogens (tertiary/aromatic N) is 1. The minimum Gasteiger partial charge on any atom is -0.276 e. The van der Waals surface area contributed by atoms with Crippen molar-refractivity contribution >= 4 is 16.8 Å². The molecule has 0 fully saturated rings. The highest BCUT2D eigenvalue weighted by Crippen LogP contribution is 2.27. The summed E-state index contributed by atoms with van der Waals surface area (Å²) in [6.07, 6.45) is -2.45. The van der Waals surface area contributed by atoms with Crippen LogP contribution in [0.4, 0.5) is 13.2 Å². The third kappa shape index (κ3) is 1.87. The van der Waals surface area contributed by atoms with Crippen molar-refractivity contribution in [3.63, 3.8) is 0 Å². The maximum atomic E-state index is 12.9. The van der Waals surface area contributed by atoms with Crippen molar-refractivity contribution < 1.29 is 18.0 Å². The van der Waals surface area contributed by atoms with E-state index in [-0.39, 0.29) is 5.69 Å². The molecule has 0 aliphatic heterocycles. The number of aryl methyl sites for hydroxylation is 1. The first-order chi connectivity index (χ1) is 6.45. The second-order valence-corrected chi connectivity index (χ2v) is 2.90. The number of rotatable bonds is 2. The number of halogens is 4. The molecular weight excluding hydrogens is 219 g/mol. The lowest BCUT2D eigenvalue weighted by molar-refractivity contribution is 0.106. The molecule has 0 aromatic carbocycles. The standard InChI is InChI=1S/C8H5ClF3NO/c1-3-5(7(9)14)6(8(11)12)4(10)2-13-3/h2,8H,1H3. The molecule has 76 valence electrons. The van der Waals surface area contributed by atoms with Gasteiger partial charge in [0.05, 0.1) is 23.0 Å². The van der Waals surface area contributed by atoms with Gasteiger partial charge in [-0.15, -0.1) is 0 Å². The lowest BCUT2D eigenvalue weighted by Crippen LogP contribution is -2.06. The molecule has 0 N–H and O–H groups in total. The first-order valence-electron chi connectivity index (χ1n) is 3.58. The zero-order valence-corrected chi connectivity index (χ0v) is 7.78. The van der Waals surface area contributed by atoms with Crippen LogP contribution in [0.2, 0.25) is 0 Å². The first-order valence-corrected chi connectivity index (χ1v) is 3.96. The van der Waals surface area contributed by atoms with Gasteiger partial charge in [-0.2, -0.15) is 0 Å². The molecule has 0 radical (unpaired) electrons. The molecule has 0 unspecified atom stereocenters. The Kier molecular flexibility index (Phi) is 3.10. The van der Waals surface area contributed by atoms with Gasteiger partial charge in [0.15, 0.2) is 5.82 Å². The zero-order chi connectivity index (χ0) is 10.9. The molecule has 0 bridgehead atoms. The predicted molar refractivity (Wildman–Crippen MR) is 44.1 cm³/mol. The summed E-state index contributed by atoms with van der Waals surface area (Å²) in [4.78, 5) is 14.2. The highest BCUT2D eigenvalue weighted by molar-refractivity contribution is 6.68. The van der Waals surface area contributed by atoms with Crippen molar-refractivity contribution in [3.8, 4) is 0 Å². The molecule has 0 saturated heterocycles. The molecule has 1 aromatic rings. The maximum absolute atomic E-state index is 12.9. The Morgan fingerprint density at radius 3 is 2.50 bits per heavy atom. The lowest BCUT2D eigenvalue weighted by atomic mass is 10.1. The highest BCUT2D eigenvalue weighted by atomic mass is 35.5. The SMILES string of the molecule is Cc1ncc(F)c(C(F)F)c1C(=O)Cl. The van der Waals surface area contributed by atoms with Crippen LogP contribution in [-0.4, -0.2) is 10.2 Å². The number of carbonyl (C=O) groups is 1. The number of alkyl halides is 2. The molecule has 1 rings (SSSR count). The molecule has 6 heteroatoms. The van der Waals surface area contributed by atoms with Crippen LogP contribution in [0.25, 0.3) is 0 Å². The average Bonchev–Trinajstić information content (AvgIpc) is 2.07. The fourth-order valence-corrected chi connectivity index (χ4v) is 1.30. The molecule has 0 aliphatic carbocycles. The van der Waals surface area contributed by atoms with Gasteiger partial charge in [0, 0.05) is 0 Å². The summed E-state index contributed by atoms with van der Waals surface area (Å²) < 4.78 is 37.6.